The van der Waals surface area contributed by atoms with Crippen LogP contribution in [0.4, 0.5) is 0 Å². The summed E-state index contributed by atoms with van der Waals surface area (Å²) in [7, 11) is 0. The van der Waals surface area contributed by atoms with Crippen molar-refractivity contribution in [2.45, 2.75) is 46.0 Å². The average Bonchev–Trinajstić information content (AvgIpc) is 2.70. The van der Waals surface area contributed by atoms with E-state index in [2.05, 4.69) is 0 Å². The van der Waals surface area contributed by atoms with Crippen molar-refractivity contribution < 1.29 is 0 Å². The summed E-state index contributed by atoms with van der Waals surface area (Å²) in [5, 5.41) is 0. The number of hydrogen-bond acceptors (Lipinski definition) is 0. The van der Waals surface area contributed by atoms with E-state index in [0.717, 1.165) is 0 Å². The fourth-order valence-electron chi connectivity index (χ4n) is 1.18. The van der Waals surface area contributed by atoms with Gasteiger partial charge in [-0.05, 0) is 18.3 Å². The number of hydrogen-bond donors (Lipinski definition) is 0. The molecule has 2 saturated carbocycles. The van der Waals surface area contributed by atoms with Crippen LogP contribution in [-0.2, 0) is 0 Å². The standard InChI is InChI=1S/C7H12.C2H6/c1-2-6(1)5-7-3-4-7;1-2/h6-7H,1-5H2;1-2H3. The Balaban J connectivity index is 0.000000186. The summed E-state index contributed by atoms with van der Waals surface area (Å²) < 4.78 is 0. The molecule has 0 saturated heterocycles. The van der Waals surface area contributed by atoms with E-state index in [9.17, 15) is 0 Å². The molecule has 0 spiro atoms. The van der Waals surface area contributed by atoms with Crippen molar-refractivity contribution in [3.63, 3.8) is 0 Å². The highest BCUT2D eigenvalue weighted by Crippen LogP contribution is 2.43. The summed E-state index contributed by atoms with van der Waals surface area (Å²) in [6.07, 6.45) is 7.79. The first-order chi connectivity index (χ1) is 4.45. The molecule has 0 heteroatoms. The second-order valence-electron chi connectivity index (χ2n) is 3.12. The van der Waals surface area contributed by atoms with Gasteiger partial charge in [-0.2, -0.15) is 0 Å². The minimum atomic E-state index is 1.19. The highest BCUT2D eigenvalue weighted by molar-refractivity contribution is 4.82. The second-order valence-corrected chi connectivity index (χ2v) is 3.12. The van der Waals surface area contributed by atoms with Crippen LogP contribution in [0.3, 0.4) is 0 Å². The molecule has 0 radical (unpaired) electrons. The van der Waals surface area contributed by atoms with Gasteiger partial charge >= 0.3 is 0 Å². The Morgan fingerprint density at radius 3 is 1.44 bits per heavy atom. The smallest absolute Gasteiger partial charge is 0.0411 e. The predicted molar refractivity (Wildman–Crippen MR) is 41.4 cm³/mol. The molecule has 0 aromatic rings. The lowest BCUT2D eigenvalue weighted by molar-refractivity contribution is 0.652. The van der Waals surface area contributed by atoms with Gasteiger partial charge in [-0.3, -0.25) is 0 Å². The Bertz CT molecular complexity index is 58.1. The Morgan fingerprint density at radius 1 is 0.889 bits per heavy atom. The highest BCUT2D eigenvalue weighted by atomic mass is 14.4. The second kappa shape index (κ2) is 3.24. The zero-order valence-corrected chi connectivity index (χ0v) is 6.69. The first-order valence-electron chi connectivity index (χ1n) is 4.45. The average molecular weight is 126 g/mol. The van der Waals surface area contributed by atoms with Crippen LogP contribution in [0.5, 0.6) is 0 Å². The molecule has 0 bridgehead atoms. The fourth-order valence-corrected chi connectivity index (χ4v) is 1.18. The molecule has 0 aliphatic heterocycles. The van der Waals surface area contributed by atoms with E-state index >= 15 is 0 Å². The maximum Gasteiger partial charge on any atom is -0.0411 e. The minimum Gasteiger partial charge on any atom is -0.0683 e. The van der Waals surface area contributed by atoms with E-state index in [1.165, 1.54) is 11.8 Å². The van der Waals surface area contributed by atoms with Gasteiger partial charge in [-0.1, -0.05) is 39.5 Å². The van der Waals surface area contributed by atoms with Crippen molar-refractivity contribution >= 4 is 0 Å². The lowest BCUT2D eigenvalue weighted by Gasteiger charge is -1.86. The van der Waals surface area contributed by atoms with Crippen LogP contribution < -0.4 is 0 Å². The van der Waals surface area contributed by atoms with Crippen molar-refractivity contribution in [2.75, 3.05) is 0 Å². The third kappa shape index (κ3) is 2.88. The SMILES string of the molecule is C1CC1CC1CC1.CC. The van der Waals surface area contributed by atoms with Crippen LogP contribution >= 0.6 is 0 Å². The first kappa shape index (κ1) is 7.11. The normalized spacial score (nSPS) is 24.7. The number of rotatable bonds is 2. The zero-order chi connectivity index (χ0) is 6.69. The van der Waals surface area contributed by atoms with E-state index in [0.29, 0.717) is 0 Å². The van der Waals surface area contributed by atoms with Gasteiger partial charge in [0.15, 0.2) is 0 Å². The summed E-state index contributed by atoms with van der Waals surface area (Å²) in [6, 6.07) is 0. The van der Waals surface area contributed by atoms with E-state index in [1.807, 2.05) is 13.8 Å². The topological polar surface area (TPSA) is 0 Å². The molecule has 2 aliphatic rings. The van der Waals surface area contributed by atoms with Crippen LogP contribution in [0.25, 0.3) is 0 Å². The predicted octanol–water partition coefficient (Wildman–Crippen LogP) is 3.22. The van der Waals surface area contributed by atoms with Gasteiger partial charge in [0.2, 0.25) is 0 Å². The van der Waals surface area contributed by atoms with Gasteiger partial charge in [0.25, 0.3) is 0 Å². The summed E-state index contributed by atoms with van der Waals surface area (Å²) in [5.74, 6) is 2.37. The van der Waals surface area contributed by atoms with Crippen LogP contribution in [0.2, 0.25) is 0 Å². The van der Waals surface area contributed by atoms with E-state index in [-0.39, 0.29) is 0 Å². The molecule has 2 fully saturated rings. The van der Waals surface area contributed by atoms with Crippen LogP contribution in [0, 0.1) is 11.8 Å². The molecular formula is C9H18. The lowest BCUT2D eigenvalue weighted by Crippen LogP contribution is -1.75. The van der Waals surface area contributed by atoms with Crippen molar-refractivity contribution in [2.24, 2.45) is 11.8 Å². The van der Waals surface area contributed by atoms with Crippen LogP contribution in [0.1, 0.15) is 46.0 Å². The van der Waals surface area contributed by atoms with Gasteiger partial charge in [0, 0.05) is 0 Å². The molecule has 0 heterocycles. The molecule has 9 heavy (non-hydrogen) atoms. The molecule has 0 amide bonds. The molecule has 0 nitrogen and oxygen atoms in total. The third-order valence-corrected chi connectivity index (χ3v) is 2.06. The quantitative estimate of drug-likeness (QED) is 0.533. The van der Waals surface area contributed by atoms with E-state index in [1.54, 1.807) is 32.1 Å². The Hall–Kier alpha value is 0. The third-order valence-electron chi connectivity index (χ3n) is 2.06. The van der Waals surface area contributed by atoms with Crippen molar-refractivity contribution in [3.8, 4) is 0 Å². The van der Waals surface area contributed by atoms with Gasteiger partial charge in [-0.15, -0.1) is 0 Å². The van der Waals surface area contributed by atoms with Gasteiger partial charge in [-0.25, -0.2) is 0 Å². The highest BCUT2D eigenvalue weighted by Gasteiger charge is 2.30. The van der Waals surface area contributed by atoms with Crippen LogP contribution in [0.15, 0.2) is 0 Å². The van der Waals surface area contributed by atoms with E-state index < -0.39 is 0 Å². The molecule has 0 aromatic heterocycles. The van der Waals surface area contributed by atoms with Crippen molar-refractivity contribution in [1.29, 1.82) is 0 Å². The fraction of sp³-hybridized carbons (Fsp3) is 1.00. The summed E-state index contributed by atoms with van der Waals surface area (Å²) >= 11 is 0. The molecular weight excluding hydrogens is 108 g/mol. The zero-order valence-electron chi connectivity index (χ0n) is 6.69. The maximum absolute atomic E-state index is 2.00. The van der Waals surface area contributed by atoms with Crippen molar-refractivity contribution in [3.05, 3.63) is 0 Å². The molecule has 0 atom stereocenters. The molecule has 54 valence electrons. The summed E-state index contributed by atoms with van der Waals surface area (Å²) in [5.41, 5.74) is 0. The Labute approximate surface area is 58.7 Å². The molecule has 0 N–H and O–H groups in total. The maximum atomic E-state index is 2.00. The van der Waals surface area contributed by atoms with Gasteiger partial charge in [0.1, 0.15) is 0 Å². The monoisotopic (exact) mass is 126 g/mol. The minimum absolute atomic E-state index is 1.19. The molecule has 2 aliphatic carbocycles. The Kier molecular flexibility index (Phi) is 2.56. The molecule has 0 unspecified atom stereocenters. The van der Waals surface area contributed by atoms with E-state index in [4.69, 9.17) is 0 Å². The summed E-state index contributed by atoms with van der Waals surface area (Å²) in [6.45, 7) is 4.00. The largest absolute Gasteiger partial charge is 0.0683 e. The lowest BCUT2D eigenvalue weighted by atomic mass is 10.2. The van der Waals surface area contributed by atoms with Crippen LogP contribution in [-0.4, -0.2) is 0 Å². The van der Waals surface area contributed by atoms with Crippen molar-refractivity contribution in [1.82, 2.24) is 0 Å². The van der Waals surface area contributed by atoms with Gasteiger partial charge < -0.3 is 0 Å². The molecule has 2 rings (SSSR count). The van der Waals surface area contributed by atoms with Gasteiger partial charge in [0.05, 0.1) is 0 Å². The summed E-state index contributed by atoms with van der Waals surface area (Å²) in [4.78, 5) is 0. The Morgan fingerprint density at radius 2 is 1.22 bits per heavy atom. The first-order valence-corrected chi connectivity index (χ1v) is 4.45. The molecule has 0 aromatic carbocycles.